The summed E-state index contributed by atoms with van der Waals surface area (Å²) in [6, 6.07) is 4.11. The van der Waals surface area contributed by atoms with Crippen molar-refractivity contribution in [1.82, 2.24) is 20.1 Å². The largest absolute Gasteiger partial charge is 0.357 e. The molecule has 1 aliphatic heterocycles. The molecule has 1 unspecified atom stereocenters. The third-order valence-electron chi connectivity index (χ3n) is 4.09. The number of rotatable bonds is 8. The van der Waals surface area contributed by atoms with Crippen molar-refractivity contribution >= 4 is 5.96 Å². The van der Waals surface area contributed by atoms with Crippen molar-refractivity contribution in [3.05, 3.63) is 24.5 Å². The molecule has 22 heavy (non-hydrogen) atoms. The first kappa shape index (κ1) is 16.9. The van der Waals surface area contributed by atoms with Crippen LogP contribution in [0.15, 0.2) is 29.5 Å². The van der Waals surface area contributed by atoms with Crippen LogP contribution in [0, 0.1) is 5.92 Å². The van der Waals surface area contributed by atoms with Gasteiger partial charge >= 0.3 is 0 Å². The normalized spacial score (nSPS) is 19.5. The molecule has 1 saturated heterocycles. The van der Waals surface area contributed by atoms with Crippen LogP contribution in [0.3, 0.4) is 0 Å². The SMILES string of the molecule is CCCN1CCC(CN=C(NCC)NCCn2cccc2)C1. The van der Waals surface area contributed by atoms with Gasteiger partial charge in [-0.15, -0.1) is 0 Å². The lowest BCUT2D eigenvalue weighted by molar-refractivity contribution is 0.326. The Hall–Kier alpha value is -1.49. The quantitative estimate of drug-likeness (QED) is 0.568. The van der Waals surface area contributed by atoms with E-state index in [9.17, 15) is 0 Å². The summed E-state index contributed by atoms with van der Waals surface area (Å²) in [6.45, 7) is 11.7. The van der Waals surface area contributed by atoms with Crippen molar-refractivity contribution in [2.24, 2.45) is 10.9 Å². The summed E-state index contributed by atoms with van der Waals surface area (Å²) in [5, 5.41) is 6.76. The Kier molecular flexibility index (Phi) is 7.30. The second-order valence-electron chi connectivity index (χ2n) is 6.02. The first-order valence-electron chi connectivity index (χ1n) is 8.67. The molecule has 1 aromatic rings. The van der Waals surface area contributed by atoms with E-state index in [0.717, 1.165) is 32.1 Å². The third kappa shape index (κ3) is 5.72. The van der Waals surface area contributed by atoms with E-state index in [1.165, 1.54) is 32.5 Å². The summed E-state index contributed by atoms with van der Waals surface area (Å²) < 4.78 is 2.18. The van der Waals surface area contributed by atoms with Crippen LogP contribution in [-0.4, -0.2) is 54.7 Å². The lowest BCUT2D eigenvalue weighted by Crippen LogP contribution is -2.39. The molecule has 0 saturated carbocycles. The van der Waals surface area contributed by atoms with Gasteiger partial charge in [0.1, 0.15) is 0 Å². The number of likely N-dealkylation sites (tertiary alicyclic amines) is 1. The van der Waals surface area contributed by atoms with E-state index >= 15 is 0 Å². The van der Waals surface area contributed by atoms with Crippen molar-refractivity contribution < 1.29 is 0 Å². The molecule has 2 rings (SSSR count). The van der Waals surface area contributed by atoms with E-state index < -0.39 is 0 Å². The average Bonchev–Trinajstić information content (AvgIpc) is 3.17. The van der Waals surface area contributed by atoms with Crippen LogP contribution in [0.1, 0.15) is 26.7 Å². The molecule has 1 aromatic heterocycles. The Morgan fingerprint density at radius 1 is 1.18 bits per heavy atom. The molecule has 0 radical (unpaired) electrons. The number of aromatic nitrogens is 1. The van der Waals surface area contributed by atoms with Gasteiger partial charge < -0.3 is 20.1 Å². The second-order valence-corrected chi connectivity index (χ2v) is 6.02. The molecule has 0 amide bonds. The summed E-state index contributed by atoms with van der Waals surface area (Å²) in [7, 11) is 0. The molecule has 0 aromatic carbocycles. The molecule has 1 atom stereocenters. The molecule has 5 nitrogen and oxygen atoms in total. The predicted octanol–water partition coefficient (Wildman–Crippen LogP) is 1.78. The van der Waals surface area contributed by atoms with Gasteiger partial charge in [-0.3, -0.25) is 4.99 Å². The maximum Gasteiger partial charge on any atom is 0.191 e. The van der Waals surface area contributed by atoms with Crippen molar-refractivity contribution in [3.63, 3.8) is 0 Å². The number of hydrogen-bond donors (Lipinski definition) is 2. The Balaban J connectivity index is 1.72. The smallest absolute Gasteiger partial charge is 0.191 e. The summed E-state index contributed by atoms with van der Waals surface area (Å²) in [5.74, 6) is 1.66. The van der Waals surface area contributed by atoms with Gasteiger partial charge in [0.2, 0.25) is 0 Å². The zero-order valence-corrected chi connectivity index (χ0v) is 14.1. The van der Waals surface area contributed by atoms with Gasteiger partial charge in [-0.05, 0) is 50.9 Å². The highest BCUT2D eigenvalue weighted by atomic mass is 15.2. The van der Waals surface area contributed by atoms with Crippen LogP contribution in [-0.2, 0) is 6.54 Å². The van der Waals surface area contributed by atoms with Crippen LogP contribution < -0.4 is 10.6 Å². The molecule has 2 N–H and O–H groups in total. The van der Waals surface area contributed by atoms with Crippen molar-refractivity contribution in [1.29, 1.82) is 0 Å². The minimum absolute atomic E-state index is 0.714. The standard InChI is InChI=1S/C17H31N5/c1-3-9-22-12-7-16(15-22)14-20-17(18-4-2)19-8-13-21-10-5-6-11-21/h5-6,10-11,16H,3-4,7-9,12-15H2,1-2H3,(H2,18,19,20). The number of nitrogens with zero attached hydrogens (tertiary/aromatic N) is 3. The van der Waals surface area contributed by atoms with E-state index in [4.69, 9.17) is 4.99 Å². The zero-order valence-electron chi connectivity index (χ0n) is 14.1. The van der Waals surface area contributed by atoms with Gasteiger partial charge in [0.05, 0.1) is 0 Å². The van der Waals surface area contributed by atoms with E-state index in [2.05, 4.69) is 58.5 Å². The minimum atomic E-state index is 0.714. The Labute approximate surface area is 134 Å². The first-order valence-corrected chi connectivity index (χ1v) is 8.67. The molecule has 2 heterocycles. The first-order chi connectivity index (χ1) is 10.8. The lowest BCUT2D eigenvalue weighted by atomic mass is 10.1. The van der Waals surface area contributed by atoms with Gasteiger partial charge in [0.15, 0.2) is 5.96 Å². The highest BCUT2D eigenvalue weighted by molar-refractivity contribution is 5.79. The van der Waals surface area contributed by atoms with Gasteiger partial charge in [-0.2, -0.15) is 0 Å². The number of hydrogen-bond acceptors (Lipinski definition) is 2. The molecular formula is C17H31N5. The summed E-state index contributed by atoms with van der Waals surface area (Å²) in [4.78, 5) is 7.33. The average molecular weight is 305 g/mol. The van der Waals surface area contributed by atoms with Crippen molar-refractivity contribution in [2.45, 2.75) is 33.2 Å². The highest BCUT2D eigenvalue weighted by Gasteiger charge is 2.21. The van der Waals surface area contributed by atoms with E-state index in [1.54, 1.807) is 0 Å². The molecule has 0 aliphatic carbocycles. The molecule has 0 spiro atoms. The maximum absolute atomic E-state index is 4.77. The summed E-state index contributed by atoms with van der Waals surface area (Å²) in [5.41, 5.74) is 0. The van der Waals surface area contributed by atoms with Crippen LogP contribution >= 0.6 is 0 Å². The molecule has 1 fully saturated rings. The number of guanidine groups is 1. The maximum atomic E-state index is 4.77. The summed E-state index contributed by atoms with van der Waals surface area (Å²) >= 11 is 0. The third-order valence-corrected chi connectivity index (χ3v) is 4.09. The second kappa shape index (κ2) is 9.51. The lowest BCUT2D eigenvalue weighted by Gasteiger charge is -2.15. The topological polar surface area (TPSA) is 44.6 Å². The Morgan fingerprint density at radius 2 is 2.00 bits per heavy atom. The van der Waals surface area contributed by atoms with Crippen molar-refractivity contribution in [3.8, 4) is 0 Å². The minimum Gasteiger partial charge on any atom is -0.357 e. The zero-order chi connectivity index (χ0) is 15.6. The molecule has 5 heteroatoms. The highest BCUT2D eigenvalue weighted by Crippen LogP contribution is 2.16. The monoisotopic (exact) mass is 305 g/mol. The Morgan fingerprint density at radius 3 is 2.73 bits per heavy atom. The fourth-order valence-electron chi connectivity index (χ4n) is 2.97. The van der Waals surface area contributed by atoms with Crippen LogP contribution in [0.2, 0.25) is 0 Å². The van der Waals surface area contributed by atoms with Gasteiger partial charge in [-0.1, -0.05) is 6.92 Å². The fraction of sp³-hybridized carbons (Fsp3) is 0.706. The van der Waals surface area contributed by atoms with Gasteiger partial charge in [0.25, 0.3) is 0 Å². The molecule has 1 aliphatic rings. The van der Waals surface area contributed by atoms with Crippen LogP contribution in [0.4, 0.5) is 0 Å². The van der Waals surface area contributed by atoms with E-state index in [0.29, 0.717) is 5.92 Å². The Bertz CT molecular complexity index is 426. The number of nitrogens with one attached hydrogen (secondary N) is 2. The fourth-order valence-corrected chi connectivity index (χ4v) is 2.97. The molecule has 0 bridgehead atoms. The van der Waals surface area contributed by atoms with E-state index in [-0.39, 0.29) is 0 Å². The predicted molar refractivity (Wildman–Crippen MR) is 93.3 cm³/mol. The molecular weight excluding hydrogens is 274 g/mol. The molecule has 124 valence electrons. The van der Waals surface area contributed by atoms with Crippen LogP contribution in [0.5, 0.6) is 0 Å². The summed E-state index contributed by atoms with van der Waals surface area (Å²) in [6.07, 6.45) is 6.71. The van der Waals surface area contributed by atoms with Crippen molar-refractivity contribution in [2.75, 3.05) is 39.3 Å². The van der Waals surface area contributed by atoms with Crippen LogP contribution in [0.25, 0.3) is 0 Å². The number of aliphatic imine (C=N–C) groups is 1. The van der Waals surface area contributed by atoms with Gasteiger partial charge in [-0.25, -0.2) is 0 Å². The van der Waals surface area contributed by atoms with E-state index in [1.807, 2.05) is 0 Å². The van der Waals surface area contributed by atoms with Gasteiger partial charge in [0, 0.05) is 45.1 Å².